The molecule has 2 rings (SSSR count). The number of ether oxygens (including phenoxy) is 1. The second-order valence-corrected chi connectivity index (χ2v) is 7.26. The van der Waals surface area contributed by atoms with E-state index in [0.717, 1.165) is 12.1 Å². The first-order valence-electron chi connectivity index (χ1n) is 7.97. The van der Waals surface area contributed by atoms with Crippen molar-refractivity contribution in [3.8, 4) is 11.6 Å². The third kappa shape index (κ3) is 5.62. The lowest BCUT2D eigenvalue weighted by Crippen LogP contribution is -2.11. The van der Waals surface area contributed by atoms with Gasteiger partial charge in [0.05, 0.1) is 10.5 Å². The van der Waals surface area contributed by atoms with Crippen LogP contribution in [0.5, 0.6) is 11.6 Å². The van der Waals surface area contributed by atoms with Crippen molar-refractivity contribution in [2.24, 2.45) is 0 Å². The SMILES string of the molecule is CCc1cc([N+](=O)[O-])c([P+](=O)OCC(=O)O)cc1Oc1ncc(C(F)(F)F)cc1Cl. The number of aryl methyl sites for hydroxylation is 1. The summed E-state index contributed by atoms with van der Waals surface area (Å²) in [4.78, 5) is 24.6. The van der Waals surface area contributed by atoms with E-state index in [-0.39, 0.29) is 17.7 Å². The Morgan fingerprint density at radius 2 is 2.03 bits per heavy atom. The van der Waals surface area contributed by atoms with Gasteiger partial charge < -0.3 is 9.84 Å². The number of aliphatic carboxylic acids is 1. The Hall–Kier alpha value is -2.82. The van der Waals surface area contributed by atoms with Gasteiger partial charge in [0, 0.05) is 23.9 Å². The van der Waals surface area contributed by atoms with Gasteiger partial charge >= 0.3 is 31.2 Å². The molecule has 0 saturated carbocycles. The topological polar surface area (TPSA) is 129 Å². The average molecular weight is 468 g/mol. The lowest BCUT2D eigenvalue weighted by atomic mass is 10.1. The molecule has 30 heavy (non-hydrogen) atoms. The number of nitro groups is 1. The van der Waals surface area contributed by atoms with Gasteiger partial charge in [-0.3, -0.25) is 10.1 Å². The Labute approximate surface area is 172 Å². The number of hydrogen-bond acceptors (Lipinski definition) is 7. The fraction of sp³-hybridized carbons (Fsp3) is 0.250. The number of halogens is 4. The van der Waals surface area contributed by atoms with E-state index in [9.17, 15) is 32.6 Å². The van der Waals surface area contributed by atoms with E-state index >= 15 is 0 Å². The number of aromatic nitrogens is 1. The Morgan fingerprint density at radius 1 is 1.37 bits per heavy atom. The number of carbonyl (C=O) groups is 1. The highest BCUT2D eigenvalue weighted by Gasteiger charge is 2.36. The lowest BCUT2D eigenvalue weighted by Gasteiger charge is -2.12. The first-order valence-corrected chi connectivity index (χ1v) is 9.53. The monoisotopic (exact) mass is 467 g/mol. The van der Waals surface area contributed by atoms with Crippen LogP contribution in [0.25, 0.3) is 0 Å². The summed E-state index contributed by atoms with van der Waals surface area (Å²) in [7, 11) is -2.95. The van der Waals surface area contributed by atoms with Gasteiger partial charge in [0.15, 0.2) is 6.61 Å². The number of rotatable bonds is 8. The van der Waals surface area contributed by atoms with Crippen LogP contribution in [0.15, 0.2) is 24.4 Å². The standard InChI is InChI=1S/C16H11ClF3N2O7P/c1-2-8-3-11(22(25)26)13(30(27)28-7-14(23)24)5-12(8)29-15-10(17)4-9(6-21-15)16(18,19)20/h3-6H,2,7H2,1H3/p+1. The van der Waals surface area contributed by atoms with Crippen molar-refractivity contribution in [2.45, 2.75) is 19.5 Å². The predicted molar refractivity (Wildman–Crippen MR) is 97.6 cm³/mol. The third-order valence-corrected chi connectivity index (χ3v) is 4.96. The van der Waals surface area contributed by atoms with Crippen molar-refractivity contribution in [3.05, 3.63) is 50.7 Å². The quantitative estimate of drug-likeness (QED) is 0.341. The maximum absolute atomic E-state index is 12.7. The first kappa shape index (κ1) is 23.5. The van der Waals surface area contributed by atoms with Crippen LogP contribution in [0.1, 0.15) is 18.1 Å². The van der Waals surface area contributed by atoms with Gasteiger partial charge in [-0.15, -0.1) is 4.52 Å². The number of carboxylic acids is 1. The average Bonchev–Trinajstić information content (AvgIpc) is 2.66. The van der Waals surface area contributed by atoms with Crippen molar-refractivity contribution in [1.82, 2.24) is 4.98 Å². The van der Waals surface area contributed by atoms with Crippen molar-refractivity contribution in [2.75, 3.05) is 6.61 Å². The number of benzene rings is 1. The highest BCUT2D eigenvalue weighted by Crippen LogP contribution is 2.37. The number of alkyl halides is 3. The third-order valence-electron chi connectivity index (χ3n) is 3.58. The zero-order chi connectivity index (χ0) is 22.6. The number of nitrogens with zero attached hydrogens (tertiary/aromatic N) is 2. The largest absolute Gasteiger partial charge is 0.556 e. The summed E-state index contributed by atoms with van der Waals surface area (Å²) in [6, 6.07) is 2.62. The molecule has 14 heteroatoms. The van der Waals surface area contributed by atoms with E-state index in [1.165, 1.54) is 0 Å². The maximum Gasteiger partial charge on any atom is 0.556 e. The minimum absolute atomic E-state index is 0.116. The molecule has 1 heterocycles. The van der Waals surface area contributed by atoms with Gasteiger partial charge in [-0.25, -0.2) is 9.78 Å². The molecular weight excluding hydrogens is 456 g/mol. The van der Waals surface area contributed by atoms with Crippen LogP contribution >= 0.6 is 19.6 Å². The van der Waals surface area contributed by atoms with E-state index < -0.39 is 59.2 Å². The Bertz CT molecular complexity index is 1020. The van der Waals surface area contributed by atoms with Gasteiger partial charge in [-0.05, 0) is 17.1 Å². The molecule has 0 radical (unpaired) electrons. The summed E-state index contributed by atoms with van der Waals surface area (Å²) in [5, 5.41) is 19.0. The Balaban J connectivity index is 2.49. The number of pyridine rings is 1. The molecule has 1 aromatic carbocycles. The molecule has 9 nitrogen and oxygen atoms in total. The van der Waals surface area contributed by atoms with Gasteiger partial charge in [0.25, 0.3) is 0 Å². The molecule has 0 bridgehead atoms. The van der Waals surface area contributed by atoms with E-state index in [0.29, 0.717) is 12.3 Å². The Morgan fingerprint density at radius 3 is 2.53 bits per heavy atom. The summed E-state index contributed by atoms with van der Waals surface area (Å²) in [5.41, 5.74) is -1.47. The van der Waals surface area contributed by atoms with Crippen molar-refractivity contribution >= 4 is 36.6 Å². The molecule has 0 aliphatic rings. The van der Waals surface area contributed by atoms with E-state index in [1.54, 1.807) is 6.92 Å². The zero-order valence-electron chi connectivity index (χ0n) is 15.0. The predicted octanol–water partition coefficient (Wildman–Crippen LogP) is 4.49. The van der Waals surface area contributed by atoms with Crippen LogP contribution in [0.4, 0.5) is 18.9 Å². The van der Waals surface area contributed by atoms with Crippen molar-refractivity contribution in [1.29, 1.82) is 0 Å². The molecule has 0 amide bonds. The molecular formula is C16H12ClF3N2O7P+. The van der Waals surface area contributed by atoms with Gasteiger partial charge in [-0.2, -0.15) is 13.2 Å². The van der Waals surface area contributed by atoms with Crippen LogP contribution in [-0.4, -0.2) is 27.6 Å². The smallest absolute Gasteiger partial charge is 0.479 e. The van der Waals surface area contributed by atoms with Crippen molar-refractivity contribution in [3.63, 3.8) is 0 Å². The van der Waals surface area contributed by atoms with Crippen LogP contribution < -0.4 is 10.0 Å². The van der Waals surface area contributed by atoms with Crippen LogP contribution in [0.2, 0.25) is 5.02 Å². The van der Waals surface area contributed by atoms with Crippen LogP contribution in [0, 0.1) is 10.1 Å². The normalized spacial score (nSPS) is 11.8. The number of carboxylic acid groups (broad SMARTS) is 1. The Kier molecular flexibility index (Phi) is 7.30. The van der Waals surface area contributed by atoms with Gasteiger partial charge in [0.2, 0.25) is 5.88 Å². The molecule has 0 aliphatic carbocycles. The van der Waals surface area contributed by atoms with E-state index in [2.05, 4.69) is 9.51 Å². The summed E-state index contributed by atoms with van der Waals surface area (Å²) in [5.74, 6) is -1.97. The summed E-state index contributed by atoms with van der Waals surface area (Å²) < 4.78 is 60.5. The van der Waals surface area contributed by atoms with Gasteiger partial charge in [0.1, 0.15) is 10.8 Å². The molecule has 0 spiro atoms. The van der Waals surface area contributed by atoms with E-state index in [1.807, 2.05) is 0 Å². The molecule has 1 atom stereocenters. The highest BCUT2D eigenvalue weighted by atomic mass is 35.5. The fourth-order valence-electron chi connectivity index (χ4n) is 2.21. The van der Waals surface area contributed by atoms with E-state index in [4.69, 9.17) is 21.4 Å². The summed E-state index contributed by atoms with van der Waals surface area (Å²) in [6.07, 6.45) is -3.98. The summed E-state index contributed by atoms with van der Waals surface area (Å²) in [6.45, 7) is 0.651. The number of hydrogen-bond donors (Lipinski definition) is 1. The second kappa shape index (κ2) is 9.33. The molecule has 160 valence electrons. The number of nitro benzene ring substituents is 1. The summed E-state index contributed by atoms with van der Waals surface area (Å²) >= 11 is 5.81. The molecule has 0 fully saturated rings. The maximum atomic E-state index is 12.7. The van der Waals surface area contributed by atoms with Crippen LogP contribution in [-0.2, 0) is 26.5 Å². The molecule has 1 aromatic heterocycles. The fourth-order valence-corrected chi connectivity index (χ4v) is 3.34. The highest BCUT2D eigenvalue weighted by molar-refractivity contribution is 7.48. The molecule has 1 unspecified atom stereocenters. The molecule has 1 N–H and O–H groups in total. The first-order chi connectivity index (χ1) is 13.9. The molecule has 2 aromatic rings. The van der Waals surface area contributed by atoms with Gasteiger partial charge in [-0.1, -0.05) is 18.5 Å². The van der Waals surface area contributed by atoms with Crippen LogP contribution in [0.3, 0.4) is 0 Å². The van der Waals surface area contributed by atoms with Crippen molar-refractivity contribution < 1.29 is 41.8 Å². The second-order valence-electron chi connectivity index (χ2n) is 5.59. The minimum atomic E-state index is -4.68. The lowest BCUT2D eigenvalue weighted by molar-refractivity contribution is -0.383. The zero-order valence-corrected chi connectivity index (χ0v) is 16.6. The molecule has 0 saturated heterocycles. The minimum Gasteiger partial charge on any atom is -0.479 e. The molecule has 0 aliphatic heterocycles.